The Kier molecular flexibility index (Phi) is 6.37. The van der Waals surface area contributed by atoms with Crippen LogP contribution in [0, 0.1) is 11.8 Å². The summed E-state index contributed by atoms with van der Waals surface area (Å²) in [6.07, 6.45) is -0.373. The fraction of sp³-hybridized carbons (Fsp3) is 0.467. The van der Waals surface area contributed by atoms with E-state index in [1.165, 1.54) is 0 Å². The lowest BCUT2D eigenvalue weighted by Crippen LogP contribution is -2.27. The molecule has 0 heterocycles. The second kappa shape index (κ2) is 7.80. The van der Waals surface area contributed by atoms with Crippen molar-refractivity contribution in [2.24, 2.45) is 0 Å². The number of hydrogen-bond donors (Lipinski definition) is 2. The Morgan fingerprint density at radius 1 is 1.42 bits per heavy atom. The zero-order valence-electron chi connectivity index (χ0n) is 11.7. The zero-order chi connectivity index (χ0) is 14.3. The van der Waals surface area contributed by atoms with E-state index >= 15 is 0 Å². The molecule has 1 rings (SSSR count). The quantitative estimate of drug-likeness (QED) is 0.773. The largest absolute Gasteiger partial charge is 0.497 e. The topological polar surface area (TPSA) is 52.9 Å². The summed E-state index contributed by atoms with van der Waals surface area (Å²) in [6.45, 7) is 2.85. The van der Waals surface area contributed by atoms with Crippen LogP contribution in [-0.2, 0) is 6.54 Å². The van der Waals surface area contributed by atoms with Crippen molar-refractivity contribution in [3.05, 3.63) is 29.3 Å². The number of methoxy groups -OCH3 is 1. The van der Waals surface area contributed by atoms with Gasteiger partial charge in [0.15, 0.2) is 0 Å². The second-order valence-electron chi connectivity index (χ2n) is 4.53. The van der Waals surface area contributed by atoms with Crippen LogP contribution in [-0.4, -0.2) is 48.5 Å². The third-order valence-electron chi connectivity index (χ3n) is 2.63. The van der Waals surface area contributed by atoms with Crippen LogP contribution in [0.3, 0.4) is 0 Å². The molecule has 1 aromatic carbocycles. The first-order valence-electron chi connectivity index (χ1n) is 6.20. The summed E-state index contributed by atoms with van der Waals surface area (Å²) in [5.74, 6) is 6.35. The van der Waals surface area contributed by atoms with Crippen molar-refractivity contribution in [1.29, 1.82) is 0 Å². The first-order chi connectivity index (χ1) is 9.06. The van der Waals surface area contributed by atoms with E-state index in [9.17, 15) is 5.11 Å². The average Bonchev–Trinajstić information content (AvgIpc) is 2.36. The molecule has 1 unspecified atom stereocenters. The summed E-state index contributed by atoms with van der Waals surface area (Å²) in [6, 6.07) is 5.66. The molecule has 1 atom stereocenters. The number of hydrogen-bond acceptors (Lipinski definition) is 4. The summed E-state index contributed by atoms with van der Waals surface area (Å²) < 4.78 is 5.21. The smallest absolute Gasteiger partial charge is 0.119 e. The molecule has 0 amide bonds. The van der Waals surface area contributed by atoms with Crippen molar-refractivity contribution in [2.45, 2.75) is 19.6 Å². The third-order valence-corrected chi connectivity index (χ3v) is 2.63. The highest BCUT2D eigenvalue weighted by Crippen LogP contribution is 2.18. The SMILES string of the molecule is COc1ccc(C#CCO)c(CN(C)CC(C)O)c1. The number of ether oxygens (including phenoxy) is 1. The van der Waals surface area contributed by atoms with Gasteiger partial charge in [0, 0.05) is 18.7 Å². The van der Waals surface area contributed by atoms with Gasteiger partial charge in [0.1, 0.15) is 12.4 Å². The molecule has 0 bridgehead atoms. The lowest BCUT2D eigenvalue weighted by Gasteiger charge is -2.19. The van der Waals surface area contributed by atoms with Crippen molar-refractivity contribution in [3.8, 4) is 17.6 Å². The highest BCUT2D eigenvalue weighted by Gasteiger charge is 2.08. The van der Waals surface area contributed by atoms with Crippen molar-refractivity contribution < 1.29 is 14.9 Å². The van der Waals surface area contributed by atoms with E-state index in [2.05, 4.69) is 11.8 Å². The van der Waals surface area contributed by atoms with Crippen molar-refractivity contribution in [3.63, 3.8) is 0 Å². The third kappa shape index (κ3) is 5.31. The molecular weight excluding hydrogens is 242 g/mol. The first-order valence-corrected chi connectivity index (χ1v) is 6.20. The van der Waals surface area contributed by atoms with E-state index in [-0.39, 0.29) is 12.7 Å². The molecule has 0 saturated heterocycles. The number of aliphatic hydroxyl groups is 2. The highest BCUT2D eigenvalue weighted by molar-refractivity contribution is 5.45. The van der Waals surface area contributed by atoms with Gasteiger partial charge in [0.25, 0.3) is 0 Å². The van der Waals surface area contributed by atoms with Crippen molar-refractivity contribution >= 4 is 0 Å². The van der Waals surface area contributed by atoms with E-state index in [0.29, 0.717) is 13.1 Å². The Hall–Kier alpha value is -1.54. The summed E-state index contributed by atoms with van der Waals surface area (Å²) >= 11 is 0. The summed E-state index contributed by atoms with van der Waals surface area (Å²) in [7, 11) is 3.56. The summed E-state index contributed by atoms with van der Waals surface area (Å²) in [4.78, 5) is 2.02. The van der Waals surface area contributed by atoms with E-state index in [1.807, 2.05) is 30.1 Å². The molecular formula is C15H21NO3. The van der Waals surface area contributed by atoms with Crippen LogP contribution in [0.5, 0.6) is 5.75 Å². The van der Waals surface area contributed by atoms with Gasteiger partial charge < -0.3 is 14.9 Å². The fourth-order valence-electron chi connectivity index (χ4n) is 1.89. The summed E-state index contributed by atoms with van der Waals surface area (Å²) in [5, 5.41) is 18.2. The van der Waals surface area contributed by atoms with Crippen LogP contribution in [0.1, 0.15) is 18.1 Å². The van der Waals surface area contributed by atoms with Gasteiger partial charge in [-0.25, -0.2) is 0 Å². The lowest BCUT2D eigenvalue weighted by molar-refractivity contribution is 0.138. The van der Waals surface area contributed by atoms with Gasteiger partial charge in [-0.15, -0.1) is 0 Å². The number of likely N-dealkylation sites (N-methyl/N-ethyl adjacent to an activating group) is 1. The van der Waals surface area contributed by atoms with Crippen LogP contribution >= 0.6 is 0 Å². The van der Waals surface area contributed by atoms with Gasteiger partial charge in [-0.3, -0.25) is 4.90 Å². The fourth-order valence-corrected chi connectivity index (χ4v) is 1.89. The van der Waals surface area contributed by atoms with Gasteiger partial charge in [-0.2, -0.15) is 0 Å². The molecule has 1 aromatic rings. The number of benzene rings is 1. The predicted molar refractivity (Wildman–Crippen MR) is 75.0 cm³/mol. The van der Waals surface area contributed by atoms with Gasteiger partial charge in [-0.1, -0.05) is 11.8 Å². The molecule has 104 valence electrons. The minimum Gasteiger partial charge on any atom is -0.497 e. The highest BCUT2D eigenvalue weighted by atomic mass is 16.5. The second-order valence-corrected chi connectivity index (χ2v) is 4.53. The molecule has 0 fully saturated rings. The number of nitrogens with zero attached hydrogens (tertiary/aromatic N) is 1. The Labute approximate surface area is 114 Å². The van der Waals surface area contributed by atoms with Crippen molar-refractivity contribution in [1.82, 2.24) is 4.90 Å². The van der Waals surface area contributed by atoms with Crippen LogP contribution in [0.15, 0.2) is 18.2 Å². The van der Waals surface area contributed by atoms with Gasteiger partial charge >= 0.3 is 0 Å². The molecule has 0 saturated carbocycles. The molecule has 2 N–H and O–H groups in total. The molecule has 4 nitrogen and oxygen atoms in total. The van der Waals surface area contributed by atoms with Crippen LogP contribution in [0.25, 0.3) is 0 Å². The predicted octanol–water partition coefficient (Wildman–Crippen LogP) is 0.852. The molecule has 0 spiro atoms. The normalized spacial score (nSPS) is 11.9. The molecule has 0 aliphatic carbocycles. The Bertz CT molecular complexity index is 460. The van der Waals surface area contributed by atoms with E-state index in [4.69, 9.17) is 9.84 Å². The van der Waals surface area contributed by atoms with Crippen LogP contribution in [0.4, 0.5) is 0 Å². The first kappa shape index (κ1) is 15.5. The zero-order valence-corrected chi connectivity index (χ0v) is 11.7. The van der Waals surface area contributed by atoms with Gasteiger partial charge in [0.05, 0.1) is 13.2 Å². The minimum atomic E-state index is -0.373. The molecule has 0 aliphatic rings. The van der Waals surface area contributed by atoms with Gasteiger partial charge in [0.2, 0.25) is 0 Å². The molecule has 0 radical (unpaired) electrons. The van der Waals surface area contributed by atoms with Crippen LogP contribution in [0.2, 0.25) is 0 Å². The van der Waals surface area contributed by atoms with Gasteiger partial charge in [-0.05, 0) is 37.7 Å². The maximum Gasteiger partial charge on any atom is 0.119 e. The molecule has 19 heavy (non-hydrogen) atoms. The Morgan fingerprint density at radius 3 is 2.74 bits per heavy atom. The van der Waals surface area contributed by atoms with E-state index < -0.39 is 0 Å². The monoisotopic (exact) mass is 263 g/mol. The average molecular weight is 263 g/mol. The summed E-state index contributed by atoms with van der Waals surface area (Å²) in [5.41, 5.74) is 1.88. The Morgan fingerprint density at radius 2 is 2.16 bits per heavy atom. The Balaban J connectivity index is 2.94. The van der Waals surface area contributed by atoms with Crippen LogP contribution < -0.4 is 4.74 Å². The standard InChI is InChI=1S/C15H21NO3/c1-12(18)10-16(2)11-14-9-15(19-3)7-6-13(14)5-4-8-17/h6-7,9,12,17-18H,8,10-11H2,1-3H3. The van der Waals surface area contributed by atoms with E-state index in [1.54, 1.807) is 14.0 Å². The number of aliphatic hydroxyl groups excluding tert-OH is 2. The van der Waals surface area contributed by atoms with E-state index in [0.717, 1.165) is 16.9 Å². The minimum absolute atomic E-state index is 0.158. The number of rotatable bonds is 5. The van der Waals surface area contributed by atoms with Crippen molar-refractivity contribution in [2.75, 3.05) is 27.3 Å². The molecule has 4 heteroatoms. The maximum atomic E-state index is 9.38. The molecule has 0 aromatic heterocycles. The molecule has 0 aliphatic heterocycles. The lowest BCUT2D eigenvalue weighted by atomic mass is 10.1. The maximum absolute atomic E-state index is 9.38.